The van der Waals surface area contributed by atoms with Gasteiger partial charge in [-0.2, -0.15) is 8.78 Å². The number of benzene rings is 2. The van der Waals surface area contributed by atoms with Crippen LogP contribution in [-0.4, -0.2) is 38.2 Å². The van der Waals surface area contributed by atoms with Crippen molar-refractivity contribution in [3.05, 3.63) is 59.2 Å². The van der Waals surface area contributed by atoms with Crippen molar-refractivity contribution < 1.29 is 37.4 Å². The number of halogens is 2. The normalized spacial score (nSPS) is 10.4. The Kier molecular flexibility index (Phi) is 7.64. The van der Waals surface area contributed by atoms with Crippen LogP contribution >= 0.6 is 0 Å². The van der Waals surface area contributed by atoms with Crippen LogP contribution in [0.1, 0.15) is 21.5 Å². The second-order valence-corrected chi connectivity index (χ2v) is 5.93. The van der Waals surface area contributed by atoms with Gasteiger partial charge in [0.1, 0.15) is 5.75 Å². The molecular weight excluding hydrogens is 388 g/mol. The molecule has 2 rings (SSSR count). The second-order valence-electron chi connectivity index (χ2n) is 5.93. The summed E-state index contributed by atoms with van der Waals surface area (Å²) in [7, 11) is 1.25. The van der Waals surface area contributed by atoms with Crippen LogP contribution in [0.15, 0.2) is 42.5 Å². The summed E-state index contributed by atoms with van der Waals surface area (Å²) in [5, 5.41) is 2.56. The highest BCUT2D eigenvalue weighted by Crippen LogP contribution is 2.18. The predicted octanol–water partition coefficient (Wildman–Crippen LogP) is 3.11. The fraction of sp³-hybridized carbons (Fsp3) is 0.250. The summed E-state index contributed by atoms with van der Waals surface area (Å²) < 4.78 is 38.0. The van der Waals surface area contributed by atoms with Gasteiger partial charge in [0.25, 0.3) is 5.91 Å². The van der Waals surface area contributed by atoms with Gasteiger partial charge in [0.15, 0.2) is 6.61 Å². The molecule has 0 aromatic heterocycles. The summed E-state index contributed by atoms with van der Waals surface area (Å²) in [5.41, 5.74) is 1.88. The first-order chi connectivity index (χ1) is 13.8. The maximum absolute atomic E-state index is 12.1. The Hall–Kier alpha value is -3.49. The first-order valence-corrected chi connectivity index (χ1v) is 8.46. The Morgan fingerprint density at radius 2 is 1.76 bits per heavy atom. The van der Waals surface area contributed by atoms with Crippen molar-refractivity contribution in [3.8, 4) is 5.75 Å². The van der Waals surface area contributed by atoms with Crippen molar-refractivity contribution in [2.75, 3.05) is 19.0 Å². The zero-order chi connectivity index (χ0) is 21.4. The second kappa shape index (κ2) is 10.2. The Labute approximate surface area is 165 Å². The van der Waals surface area contributed by atoms with Gasteiger partial charge >= 0.3 is 18.6 Å². The van der Waals surface area contributed by atoms with Gasteiger partial charge in [0, 0.05) is 5.69 Å². The smallest absolute Gasteiger partial charge is 0.387 e. The number of ether oxygens (including phenoxy) is 3. The predicted molar refractivity (Wildman–Crippen MR) is 98.9 cm³/mol. The van der Waals surface area contributed by atoms with Gasteiger partial charge in [-0.15, -0.1) is 0 Å². The molecule has 0 fully saturated rings. The van der Waals surface area contributed by atoms with E-state index < -0.39 is 31.1 Å². The SMILES string of the molecule is COC(=O)c1ccc(C)c(NC(=O)COC(=O)Cc2ccc(OC(F)F)cc2)c1. The minimum atomic E-state index is -2.93. The minimum Gasteiger partial charge on any atom is -0.465 e. The van der Waals surface area contributed by atoms with Gasteiger partial charge in [0.05, 0.1) is 19.1 Å². The third-order valence-corrected chi connectivity index (χ3v) is 3.79. The van der Waals surface area contributed by atoms with E-state index in [1.54, 1.807) is 19.1 Å². The first kappa shape index (κ1) is 21.8. The van der Waals surface area contributed by atoms with Crippen LogP contribution in [0.5, 0.6) is 5.75 Å². The van der Waals surface area contributed by atoms with E-state index >= 15 is 0 Å². The van der Waals surface area contributed by atoms with E-state index in [0.29, 0.717) is 16.8 Å². The number of esters is 2. The molecule has 0 heterocycles. The monoisotopic (exact) mass is 407 g/mol. The van der Waals surface area contributed by atoms with E-state index in [-0.39, 0.29) is 17.7 Å². The number of rotatable bonds is 8. The molecule has 9 heteroatoms. The van der Waals surface area contributed by atoms with E-state index in [0.717, 1.165) is 0 Å². The highest BCUT2D eigenvalue weighted by molar-refractivity contribution is 5.96. The Bertz CT molecular complexity index is 883. The zero-order valence-electron chi connectivity index (χ0n) is 15.7. The molecule has 7 nitrogen and oxygen atoms in total. The fourth-order valence-electron chi connectivity index (χ4n) is 2.34. The van der Waals surface area contributed by atoms with Crippen molar-refractivity contribution in [3.63, 3.8) is 0 Å². The molecular formula is C20H19F2NO6. The number of amides is 1. The molecule has 0 aliphatic heterocycles. The molecule has 2 aromatic carbocycles. The highest BCUT2D eigenvalue weighted by Gasteiger charge is 2.13. The summed E-state index contributed by atoms with van der Waals surface area (Å²) in [4.78, 5) is 35.5. The maximum Gasteiger partial charge on any atom is 0.387 e. The van der Waals surface area contributed by atoms with Crippen LogP contribution in [0.3, 0.4) is 0 Å². The molecule has 0 saturated carbocycles. The van der Waals surface area contributed by atoms with Crippen LogP contribution in [-0.2, 0) is 25.5 Å². The van der Waals surface area contributed by atoms with Gasteiger partial charge in [0.2, 0.25) is 0 Å². The molecule has 29 heavy (non-hydrogen) atoms. The van der Waals surface area contributed by atoms with Gasteiger partial charge in [-0.05, 0) is 42.3 Å². The van der Waals surface area contributed by atoms with Gasteiger partial charge in [-0.25, -0.2) is 4.79 Å². The van der Waals surface area contributed by atoms with E-state index in [1.807, 2.05) is 0 Å². The lowest BCUT2D eigenvalue weighted by Gasteiger charge is -2.10. The Morgan fingerprint density at radius 3 is 2.38 bits per heavy atom. The lowest BCUT2D eigenvalue weighted by molar-refractivity contribution is -0.146. The summed E-state index contributed by atoms with van der Waals surface area (Å²) in [5.74, 6) is -1.81. The van der Waals surface area contributed by atoms with Crippen LogP contribution < -0.4 is 10.1 Å². The van der Waals surface area contributed by atoms with Crippen LogP contribution in [0.25, 0.3) is 0 Å². The van der Waals surface area contributed by atoms with E-state index in [9.17, 15) is 23.2 Å². The van der Waals surface area contributed by atoms with Gasteiger partial charge in [-0.3, -0.25) is 9.59 Å². The first-order valence-electron chi connectivity index (χ1n) is 8.46. The third-order valence-electron chi connectivity index (χ3n) is 3.79. The molecule has 0 bridgehead atoms. The minimum absolute atomic E-state index is 0.0268. The number of carbonyl (C=O) groups excluding carboxylic acids is 3. The van der Waals surface area contributed by atoms with Crippen LogP contribution in [0, 0.1) is 6.92 Å². The standard InChI is InChI=1S/C20H19F2NO6/c1-12-3-6-14(19(26)27-2)10-16(12)23-17(24)11-28-18(25)9-13-4-7-15(8-5-13)29-20(21)22/h3-8,10,20H,9,11H2,1-2H3,(H,23,24). The van der Waals surface area contributed by atoms with Crippen molar-refractivity contribution in [1.29, 1.82) is 0 Å². The number of carbonyl (C=O) groups is 3. The molecule has 0 unspecified atom stereocenters. The van der Waals surface area contributed by atoms with Gasteiger partial charge < -0.3 is 19.5 Å². The van der Waals surface area contributed by atoms with Gasteiger partial charge in [-0.1, -0.05) is 18.2 Å². The van der Waals surface area contributed by atoms with E-state index in [4.69, 9.17) is 4.74 Å². The molecule has 0 atom stereocenters. The zero-order valence-corrected chi connectivity index (χ0v) is 15.7. The van der Waals surface area contributed by atoms with Crippen molar-refractivity contribution in [2.45, 2.75) is 20.0 Å². The highest BCUT2D eigenvalue weighted by atomic mass is 19.3. The quantitative estimate of drug-likeness (QED) is 0.677. The largest absolute Gasteiger partial charge is 0.465 e. The molecule has 1 N–H and O–H groups in total. The molecule has 2 aromatic rings. The molecule has 1 amide bonds. The fourth-order valence-corrected chi connectivity index (χ4v) is 2.34. The Balaban J connectivity index is 1.86. The average Bonchev–Trinajstić information content (AvgIpc) is 2.68. The maximum atomic E-state index is 12.1. The molecule has 0 aliphatic rings. The topological polar surface area (TPSA) is 90.9 Å². The number of nitrogens with one attached hydrogen (secondary N) is 1. The summed E-state index contributed by atoms with van der Waals surface area (Å²) in [6, 6.07) is 10.2. The number of methoxy groups -OCH3 is 1. The van der Waals surface area contributed by atoms with E-state index in [1.165, 1.54) is 37.4 Å². The van der Waals surface area contributed by atoms with Crippen molar-refractivity contribution >= 4 is 23.5 Å². The van der Waals surface area contributed by atoms with Crippen molar-refractivity contribution in [1.82, 2.24) is 0 Å². The average molecular weight is 407 g/mol. The molecule has 0 aliphatic carbocycles. The molecule has 0 radical (unpaired) electrons. The number of alkyl halides is 2. The lowest BCUT2D eigenvalue weighted by atomic mass is 10.1. The summed E-state index contributed by atoms with van der Waals surface area (Å²) in [6.07, 6.45) is -0.140. The molecule has 0 saturated heterocycles. The number of aryl methyl sites for hydroxylation is 1. The lowest BCUT2D eigenvalue weighted by Crippen LogP contribution is -2.22. The molecule has 0 spiro atoms. The van der Waals surface area contributed by atoms with E-state index in [2.05, 4.69) is 14.8 Å². The number of hydrogen-bond acceptors (Lipinski definition) is 6. The van der Waals surface area contributed by atoms with Crippen LogP contribution in [0.4, 0.5) is 14.5 Å². The van der Waals surface area contributed by atoms with Crippen molar-refractivity contribution in [2.24, 2.45) is 0 Å². The number of hydrogen-bond donors (Lipinski definition) is 1. The number of anilines is 1. The summed E-state index contributed by atoms with van der Waals surface area (Å²) >= 11 is 0. The third kappa shape index (κ3) is 6.87. The Morgan fingerprint density at radius 1 is 1.07 bits per heavy atom. The van der Waals surface area contributed by atoms with Crippen LogP contribution in [0.2, 0.25) is 0 Å². The molecule has 154 valence electrons. The summed E-state index contributed by atoms with van der Waals surface area (Å²) in [6.45, 7) is -1.71.